The van der Waals surface area contributed by atoms with Crippen molar-refractivity contribution in [1.82, 2.24) is 20.4 Å². The van der Waals surface area contributed by atoms with E-state index in [0.717, 1.165) is 10.9 Å². The topological polar surface area (TPSA) is 102 Å². The van der Waals surface area contributed by atoms with E-state index in [-0.39, 0.29) is 12.5 Å². The fourth-order valence-corrected chi connectivity index (χ4v) is 2.33. The maximum Gasteiger partial charge on any atom is 0.268 e. The van der Waals surface area contributed by atoms with E-state index in [4.69, 9.17) is 14.0 Å². The number of aromatic nitrogens is 3. The van der Waals surface area contributed by atoms with Gasteiger partial charge in [0.15, 0.2) is 5.82 Å². The van der Waals surface area contributed by atoms with Crippen LogP contribution in [0.1, 0.15) is 22.2 Å². The van der Waals surface area contributed by atoms with Crippen LogP contribution < -0.4 is 10.1 Å². The van der Waals surface area contributed by atoms with Crippen molar-refractivity contribution < 1.29 is 18.8 Å². The molecule has 3 rings (SSSR count). The van der Waals surface area contributed by atoms with Crippen molar-refractivity contribution in [2.24, 2.45) is 0 Å². The zero-order valence-electron chi connectivity index (χ0n) is 13.5. The number of nitrogens with zero attached hydrogens (tertiary/aromatic N) is 2. The molecule has 8 nitrogen and oxygen atoms in total. The summed E-state index contributed by atoms with van der Waals surface area (Å²) in [5.74, 6) is 1.33. The molecule has 1 amide bonds. The molecular formula is C16H18N4O4. The molecule has 0 fully saturated rings. The Balaban J connectivity index is 1.65. The number of methoxy groups -OCH3 is 2. The van der Waals surface area contributed by atoms with Gasteiger partial charge in [-0.05, 0) is 12.1 Å². The first kappa shape index (κ1) is 16.0. The summed E-state index contributed by atoms with van der Waals surface area (Å²) in [5.41, 5.74) is 1.22. The second kappa shape index (κ2) is 7.14. The largest absolute Gasteiger partial charge is 0.495 e. The molecule has 2 heterocycles. The van der Waals surface area contributed by atoms with E-state index in [1.165, 1.54) is 0 Å². The van der Waals surface area contributed by atoms with Crippen LogP contribution in [0.15, 0.2) is 28.8 Å². The number of aromatic amines is 1. The highest BCUT2D eigenvalue weighted by atomic mass is 16.5. The average molecular weight is 330 g/mol. The fraction of sp³-hybridized carbons (Fsp3) is 0.312. The minimum atomic E-state index is -0.259. The maximum atomic E-state index is 12.3. The lowest BCUT2D eigenvalue weighted by atomic mass is 10.2. The number of para-hydroxylation sites is 1. The van der Waals surface area contributed by atoms with E-state index in [9.17, 15) is 4.79 Å². The SMILES string of the molecule is COCCc1noc(CNC(=O)c2cc3cccc(OC)c3[nH]2)n1. The molecule has 126 valence electrons. The second-order valence-corrected chi connectivity index (χ2v) is 5.14. The van der Waals surface area contributed by atoms with Gasteiger partial charge in [-0.2, -0.15) is 4.98 Å². The molecule has 1 aromatic carbocycles. The number of hydrogen-bond donors (Lipinski definition) is 2. The van der Waals surface area contributed by atoms with Gasteiger partial charge in [-0.3, -0.25) is 4.79 Å². The number of nitrogens with one attached hydrogen (secondary N) is 2. The van der Waals surface area contributed by atoms with Gasteiger partial charge in [-0.15, -0.1) is 0 Å². The molecule has 2 N–H and O–H groups in total. The molecule has 0 aliphatic carbocycles. The molecule has 2 aromatic heterocycles. The Labute approximate surface area is 138 Å². The lowest BCUT2D eigenvalue weighted by molar-refractivity contribution is 0.0942. The molecule has 0 aliphatic heterocycles. The van der Waals surface area contributed by atoms with Crippen LogP contribution in [0.25, 0.3) is 10.9 Å². The van der Waals surface area contributed by atoms with Crippen LogP contribution in [-0.4, -0.2) is 41.9 Å². The first-order valence-electron chi connectivity index (χ1n) is 7.45. The normalized spacial score (nSPS) is 10.9. The number of hydrogen-bond acceptors (Lipinski definition) is 6. The van der Waals surface area contributed by atoms with E-state index in [1.54, 1.807) is 20.3 Å². The Kier molecular flexibility index (Phi) is 4.76. The van der Waals surface area contributed by atoms with Gasteiger partial charge in [0.25, 0.3) is 5.91 Å². The Hall–Kier alpha value is -2.87. The number of H-pyrrole nitrogens is 1. The number of carbonyl (C=O) groups is 1. The van der Waals surface area contributed by atoms with Crippen molar-refractivity contribution in [3.63, 3.8) is 0 Å². The Morgan fingerprint density at radius 2 is 2.25 bits per heavy atom. The molecule has 8 heteroatoms. The number of ether oxygens (including phenoxy) is 2. The molecule has 0 radical (unpaired) electrons. The molecule has 0 saturated heterocycles. The number of rotatable bonds is 7. The fourth-order valence-electron chi connectivity index (χ4n) is 2.33. The van der Waals surface area contributed by atoms with Crippen LogP contribution in [0, 0.1) is 0 Å². The van der Waals surface area contributed by atoms with Crippen LogP contribution >= 0.6 is 0 Å². The van der Waals surface area contributed by atoms with Crippen LogP contribution in [0.2, 0.25) is 0 Å². The summed E-state index contributed by atoms with van der Waals surface area (Å²) in [6.45, 7) is 0.674. The standard InChI is InChI=1S/C16H18N4O4/c1-22-7-6-13-19-14(24-20-13)9-17-16(21)11-8-10-4-3-5-12(23-2)15(10)18-11/h3-5,8,18H,6-7,9H2,1-2H3,(H,17,21). The maximum absolute atomic E-state index is 12.3. The summed E-state index contributed by atoms with van der Waals surface area (Å²) in [5, 5.41) is 7.47. The van der Waals surface area contributed by atoms with Gasteiger partial charge in [0.1, 0.15) is 11.4 Å². The minimum Gasteiger partial charge on any atom is -0.495 e. The average Bonchev–Trinajstić information content (AvgIpc) is 3.24. The first-order valence-corrected chi connectivity index (χ1v) is 7.45. The first-order chi connectivity index (χ1) is 11.7. The van der Waals surface area contributed by atoms with Crippen LogP contribution in [0.3, 0.4) is 0 Å². The van der Waals surface area contributed by atoms with E-state index < -0.39 is 0 Å². The summed E-state index contributed by atoms with van der Waals surface area (Å²) >= 11 is 0. The van der Waals surface area contributed by atoms with Gasteiger partial charge < -0.3 is 24.3 Å². The number of carbonyl (C=O) groups excluding carboxylic acids is 1. The molecule has 0 unspecified atom stereocenters. The summed E-state index contributed by atoms with van der Waals surface area (Å²) in [6, 6.07) is 7.38. The van der Waals surface area contributed by atoms with Gasteiger partial charge in [0.2, 0.25) is 5.89 Å². The summed E-state index contributed by atoms with van der Waals surface area (Å²) in [7, 11) is 3.20. The van der Waals surface area contributed by atoms with Crippen LogP contribution in [-0.2, 0) is 17.7 Å². The van der Waals surface area contributed by atoms with Crippen molar-refractivity contribution in [3.8, 4) is 5.75 Å². The molecule has 0 aliphatic rings. The van der Waals surface area contributed by atoms with E-state index in [1.807, 2.05) is 18.2 Å². The lowest BCUT2D eigenvalue weighted by Crippen LogP contribution is -2.23. The summed E-state index contributed by atoms with van der Waals surface area (Å²) < 4.78 is 15.3. The highest BCUT2D eigenvalue weighted by Crippen LogP contribution is 2.25. The number of amides is 1. The minimum absolute atomic E-state index is 0.158. The second-order valence-electron chi connectivity index (χ2n) is 5.14. The zero-order chi connectivity index (χ0) is 16.9. The molecule has 0 bridgehead atoms. The predicted molar refractivity (Wildman–Crippen MR) is 85.9 cm³/mol. The van der Waals surface area contributed by atoms with Crippen LogP contribution in [0.5, 0.6) is 5.75 Å². The monoisotopic (exact) mass is 330 g/mol. The zero-order valence-corrected chi connectivity index (χ0v) is 13.5. The number of benzene rings is 1. The molecule has 24 heavy (non-hydrogen) atoms. The molecular weight excluding hydrogens is 312 g/mol. The van der Waals surface area contributed by atoms with Gasteiger partial charge in [-0.25, -0.2) is 0 Å². The van der Waals surface area contributed by atoms with Crippen molar-refractivity contribution >= 4 is 16.8 Å². The van der Waals surface area contributed by atoms with Gasteiger partial charge in [0, 0.05) is 18.9 Å². The quantitative estimate of drug-likeness (QED) is 0.683. The predicted octanol–water partition coefficient (Wildman–Crippen LogP) is 1.68. The highest BCUT2D eigenvalue weighted by molar-refractivity contribution is 5.99. The van der Waals surface area contributed by atoms with Crippen LogP contribution in [0.4, 0.5) is 0 Å². The van der Waals surface area contributed by atoms with E-state index in [2.05, 4.69) is 20.4 Å². The summed E-state index contributed by atoms with van der Waals surface area (Å²) in [6.07, 6.45) is 0.565. The van der Waals surface area contributed by atoms with Crippen molar-refractivity contribution in [3.05, 3.63) is 41.7 Å². The third-order valence-electron chi connectivity index (χ3n) is 3.52. The van der Waals surface area contributed by atoms with Crippen molar-refractivity contribution in [2.45, 2.75) is 13.0 Å². The van der Waals surface area contributed by atoms with Gasteiger partial charge >= 0.3 is 0 Å². The summed E-state index contributed by atoms with van der Waals surface area (Å²) in [4.78, 5) is 19.5. The third-order valence-corrected chi connectivity index (χ3v) is 3.52. The molecule has 3 aromatic rings. The molecule has 0 spiro atoms. The molecule has 0 saturated carbocycles. The van der Waals surface area contributed by atoms with Gasteiger partial charge in [0.05, 0.1) is 25.8 Å². The van der Waals surface area contributed by atoms with E-state index >= 15 is 0 Å². The Morgan fingerprint density at radius 1 is 1.38 bits per heavy atom. The van der Waals surface area contributed by atoms with E-state index in [0.29, 0.717) is 36.2 Å². The Bertz CT molecular complexity index is 840. The van der Waals surface area contributed by atoms with Crippen molar-refractivity contribution in [2.75, 3.05) is 20.8 Å². The highest BCUT2D eigenvalue weighted by Gasteiger charge is 2.13. The number of fused-ring (bicyclic) bond motifs is 1. The van der Waals surface area contributed by atoms with Gasteiger partial charge in [-0.1, -0.05) is 17.3 Å². The molecule has 0 atom stereocenters. The smallest absolute Gasteiger partial charge is 0.268 e. The van der Waals surface area contributed by atoms with Crippen molar-refractivity contribution in [1.29, 1.82) is 0 Å². The lowest BCUT2D eigenvalue weighted by Gasteiger charge is -2.00. The Morgan fingerprint density at radius 3 is 3.04 bits per heavy atom. The third kappa shape index (κ3) is 3.38.